The Labute approximate surface area is 649 Å². The Hall–Kier alpha value is -11.8. The fraction of sp³-hybridized carbons (Fsp3) is 0.208. The number of nitrogens with one attached hydrogen (secondary N) is 3. The fourth-order valence-electron chi connectivity index (χ4n) is 12.1. The van der Waals surface area contributed by atoms with Crippen molar-refractivity contribution in [1.29, 1.82) is 0 Å². The maximum absolute atomic E-state index is 15.2. The average Bonchev–Trinajstić information content (AvgIpc) is 0.782. The van der Waals surface area contributed by atoms with Gasteiger partial charge in [-0.05, 0) is 128 Å². The number of carbonyl (C=O) groups is 3. The van der Waals surface area contributed by atoms with Gasteiger partial charge in [-0.25, -0.2) is 64.8 Å². The molecule has 112 heavy (non-hydrogen) atoms. The predicted molar refractivity (Wildman–Crippen MR) is 411 cm³/mol. The molecule has 580 valence electrons. The Morgan fingerprint density at radius 1 is 0.571 bits per heavy atom. The number of sulfonamides is 3. The number of hydrogen-bond acceptors (Lipinski definition) is 24. The minimum Gasteiger partial charge on any atom is -0.479 e. The van der Waals surface area contributed by atoms with Crippen LogP contribution >= 0.6 is 34.5 Å². The van der Waals surface area contributed by atoms with Crippen LogP contribution in [-0.2, 0) is 64.1 Å². The molecule has 0 unspecified atom stereocenters. The number of aryl methyl sites for hydroxylation is 3. The predicted octanol–water partition coefficient (Wildman–Crippen LogP) is 7.13. The first-order chi connectivity index (χ1) is 53.1. The van der Waals surface area contributed by atoms with Gasteiger partial charge in [0, 0.05) is 55.9 Å². The molecule has 7 heterocycles. The van der Waals surface area contributed by atoms with Crippen molar-refractivity contribution in [3.05, 3.63) is 216 Å². The third kappa shape index (κ3) is 16.0. The molecule has 0 spiro atoms. The lowest BCUT2D eigenvalue weighted by atomic mass is 10.0. The first-order valence-electron chi connectivity index (χ1n) is 33.2. The molecule has 12 rings (SSSR count). The third-order valence-electron chi connectivity index (χ3n) is 17.8. The van der Waals surface area contributed by atoms with Crippen molar-refractivity contribution in [2.75, 3.05) is 48.4 Å². The first kappa shape index (κ1) is 79.8. The molecule has 3 atom stereocenters. The molecule has 0 saturated heterocycles. The number of methoxy groups -OCH3 is 2. The van der Waals surface area contributed by atoms with Crippen LogP contribution in [0.4, 0.5) is 25.8 Å². The Morgan fingerprint density at radius 3 is 1.48 bits per heavy atom. The van der Waals surface area contributed by atoms with Crippen LogP contribution in [0.25, 0.3) is 66.1 Å². The summed E-state index contributed by atoms with van der Waals surface area (Å²) in [5.41, 5.74) is 0.0425. The second kappa shape index (κ2) is 31.9. The molecule has 0 bridgehead atoms. The van der Waals surface area contributed by atoms with Crippen LogP contribution in [0.3, 0.4) is 0 Å². The van der Waals surface area contributed by atoms with Crippen molar-refractivity contribution in [2.24, 2.45) is 5.92 Å². The van der Waals surface area contributed by atoms with Gasteiger partial charge in [0.1, 0.15) is 39.5 Å². The van der Waals surface area contributed by atoms with Crippen molar-refractivity contribution >= 4 is 132 Å². The zero-order chi connectivity index (χ0) is 80.7. The van der Waals surface area contributed by atoms with E-state index < -0.39 is 152 Å². The van der Waals surface area contributed by atoms with Crippen LogP contribution in [-0.4, -0.2) is 154 Å². The number of halogens is 4. The van der Waals surface area contributed by atoms with Gasteiger partial charge in [-0.15, -0.1) is 11.3 Å². The van der Waals surface area contributed by atoms with Crippen molar-refractivity contribution in [3.8, 4) is 45.1 Å². The molecule has 3 amide bonds. The number of nitrogens with zero attached hydrogens (tertiary/aromatic N) is 13. The Balaban J connectivity index is 0.819. The fourth-order valence-corrected chi connectivity index (χ4v) is 18.5. The van der Waals surface area contributed by atoms with Gasteiger partial charge >= 0.3 is 0 Å². The zero-order valence-electron chi connectivity index (χ0n) is 60.0. The van der Waals surface area contributed by atoms with Gasteiger partial charge in [-0.2, -0.15) is 12.8 Å². The van der Waals surface area contributed by atoms with E-state index in [1.807, 2.05) is 0 Å². The molecule has 0 aliphatic rings. The number of carbonyl (C=O) groups excluding carboxylic acids is 3. The number of rotatable bonds is 26. The summed E-state index contributed by atoms with van der Waals surface area (Å²) in [4.78, 5) is 113. The minimum atomic E-state index is -5.13. The summed E-state index contributed by atoms with van der Waals surface area (Å²) in [5, 5.41) is 26.6. The monoisotopic (exact) mass is 1640 g/mol. The summed E-state index contributed by atoms with van der Waals surface area (Å²) < 4.78 is 134. The van der Waals surface area contributed by atoms with Gasteiger partial charge in [0.25, 0.3) is 52.7 Å². The number of aromatic nitrogens is 10. The van der Waals surface area contributed by atoms with Gasteiger partial charge in [0.15, 0.2) is 16.4 Å². The van der Waals surface area contributed by atoms with Gasteiger partial charge in [0.2, 0.25) is 23.6 Å². The molecular weight excluding hydrogens is 1580 g/mol. The van der Waals surface area contributed by atoms with E-state index in [4.69, 9.17) is 32.7 Å². The number of benzene rings is 5. The van der Waals surface area contributed by atoms with Crippen molar-refractivity contribution < 1.29 is 68.1 Å². The smallest absolute Gasteiger partial charge is 0.283 e. The number of fused-ring (bicyclic) bond motifs is 3. The van der Waals surface area contributed by atoms with E-state index >= 15 is 8.42 Å². The highest BCUT2D eigenvalue weighted by Gasteiger charge is 2.39. The molecule has 0 saturated carbocycles. The highest BCUT2D eigenvalue weighted by molar-refractivity contribution is 7.94. The minimum absolute atomic E-state index is 0.0187. The summed E-state index contributed by atoms with van der Waals surface area (Å²) >= 11 is 13.8. The van der Waals surface area contributed by atoms with E-state index in [1.54, 1.807) is 39.0 Å². The van der Waals surface area contributed by atoms with E-state index in [2.05, 4.69) is 50.2 Å². The number of hydrazine groups is 1. The summed E-state index contributed by atoms with van der Waals surface area (Å²) in [6.45, 7) is 3.64. The second-order valence-electron chi connectivity index (χ2n) is 25.2. The van der Waals surface area contributed by atoms with Gasteiger partial charge < -0.3 is 30.3 Å². The molecule has 5 N–H and O–H groups in total. The highest BCUT2D eigenvalue weighted by Crippen LogP contribution is 2.40. The quantitative estimate of drug-likeness (QED) is 0.0266. The lowest BCUT2D eigenvalue weighted by Crippen LogP contribution is -2.50. The number of aliphatic hydroxyl groups is 2. The van der Waals surface area contributed by atoms with E-state index in [9.17, 15) is 64.6 Å². The zero-order valence-corrected chi connectivity index (χ0v) is 64.8. The molecule has 5 aromatic carbocycles. The second-order valence-corrected chi connectivity index (χ2v) is 32.7. The number of aliphatic hydroxyl groups excluding tert-OH is 2. The maximum Gasteiger partial charge on any atom is 0.283 e. The number of ether oxygens (including phenoxy) is 2. The number of pyridine rings is 3. The lowest BCUT2D eigenvalue weighted by Gasteiger charge is -2.35. The van der Waals surface area contributed by atoms with Gasteiger partial charge in [0.05, 0.1) is 117 Å². The number of hydrogen-bond donors (Lipinski definition) is 5. The summed E-state index contributed by atoms with van der Waals surface area (Å²) in [5.74, 6) is -6.72. The van der Waals surface area contributed by atoms with Crippen LogP contribution in [0.5, 0.6) is 11.8 Å². The lowest BCUT2D eigenvalue weighted by molar-refractivity contribution is -0.134. The summed E-state index contributed by atoms with van der Waals surface area (Å²) in [6.07, 6.45) is 3.67. The molecule has 7 aromatic heterocycles. The molecule has 0 aliphatic heterocycles. The van der Waals surface area contributed by atoms with Crippen LogP contribution in [0, 0.1) is 38.3 Å². The van der Waals surface area contributed by atoms with Crippen molar-refractivity contribution in [2.45, 2.75) is 73.5 Å². The molecule has 0 fully saturated rings. The molecule has 32 nitrogen and oxygen atoms in total. The number of anilines is 3. The number of likely N-dealkylation sites (N-methyl/N-ethyl adjacent to an activating group) is 1. The van der Waals surface area contributed by atoms with Gasteiger partial charge in [-0.3, -0.25) is 52.2 Å². The molecule has 0 radical (unpaired) electrons. The normalized spacial score (nSPS) is 12.7. The van der Waals surface area contributed by atoms with Crippen LogP contribution in [0.15, 0.2) is 175 Å². The van der Waals surface area contributed by atoms with E-state index in [-0.39, 0.29) is 76.4 Å². The van der Waals surface area contributed by atoms with Gasteiger partial charge in [-0.1, -0.05) is 48.3 Å². The van der Waals surface area contributed by atoms with E-state index in [0.717, 1.165) is 95.4 Å². The van der Waals surface area contributed by atoms with Crippen molar-refractivity contribution in [1.82, 2.24) is 64.2 Å². The van der Waals surface area contributed by atoms with E-state index in [1.165, 1.54) is 93.5 Å². The first-order valence-corrected chi connectivity index (χ1v) is 39.2. The van der Waals surface area contributed by atoms with Crippen LogP contribution < -0.4 is 50.2 Å². The number of thiazole rings is 1. The third-order valence-corrected chi connectivity index (χ3v) is 25.3. The maximum atomic E-state index is 15.2. The van der Waals surface area contributed by atoms with E-state index in [0.29, 0.717) is 41.3 Å². The van der Waals surface area contributed by atoms with Crippen LogP contribution in [0.1, 0.15) is 23.3 Å². The van der Waals surface area contributed by atoms with Crippen molar-refractivity contribution in [3.63, 3.8) is 0 Å². The topological polar surface area (TPSA) is 415 Å². The summed E-state index contributed by atoms with van der Waals surface area (Å²) in [6, 6.07) is 22.4. The largest absolute Gasteiger partial charge is 0.479 e. The average molecular weight is 1650 g/mol. The molecule has 40 heteroatoms. The Bertz CT molecular complexity index is 6400. The Kier molecular flexibility index (Phi) is 22.7. The molecule has 0 aliphatic carbocycles. The van der Waals surface area contributed by atoms with Crippen LogP contribution in [0.2, 0.25) is 10.0 Å². The number of amides is 3. The Morgan fingerprint density at radius 2 is 1.02 bits per heavy atom. The molecular formula is C72H64Cl2F2N16O16S4. The highest BCUT2D eigenvalue weighted by atomic mass is 35.5. The SMILES string of the molecule is CNC(=O)[C@@H](O)Cn1cnc2ccc(-c3cnc(OC)c(N(CNC(=O)[C@@H](O)Cn4cnc5ccc(-c6cnc(OC)c(N(N(C)C(=O)[C@H](C)Cn7cnc8ccc(-c9cnc(C)c(NS(=O)(=O)c%10sc(C)nc%10C)c9)cc8c7=O)S(=O)(=O)c7ccc(F)cc7Cl)c6)cc5c4=O)S(=O)(=O)c4ccc(F)cc4Cl)c3)cc2c1=O. The molecule has 12 aromatic rings. The summed E-state index contributed by atoms with van der Waals surface area (Å²) in [7, 11) is -9.47. The standard InChI is InChI=1S/C72H64Cl2F2N16O16S4/c1-37(30-88-33-81-54-14-9-41(19-49(54)69(88)98)44-22-57(38(2)78-27-44)86-110(101,102)72-39(3)85-40(4)109-72)68(97)87(6)92(112(105,106)63-18-13-48(76)26-53(63)74)59-24-46(29-80-67(59)108-8)43-11-16-56-51(21-43)71(100)90(35-83-56)32-61(94)65(96)84-36-91(111(103,104)62-17-12-47(75)25-52(62)73)58-23-45(28-79-66(58)107-7)42-10-15-55-50(20-42)70(99)89(34-82-55)31-60(93)64(95)77-5/h9-29,33-35,37,60-61,86,93-94H,30-32,36H2,1-8H3,(H,77,95)(H,84,96)/t37-,60+,61+/m1/s1.